The molecular weight excluding hydrogens is 526 g/mol. The van der Waals surface area contributed by atoms with Crippen LogP contribution in [0.2, 0.25) is 0 Å². The Morgan fingerprint density at radius 2 is 1.56 bits per heavy atom. The van der Waals surface area contributed by atoms with E-state index in [2.05, 4.69) is 21.2 Å². The average molecular weight is 552 g/mol. The molecule has 1 aliphatic rings. The molecule has 0 saturated carbocycles. The van der Waals surface area contributed by atoms with E-state index in [1.54, 1.807) is 25.6 Å². The van der Waals surface area contributed by atoms with Gasteiger partial charge in [-0.15, -0.1) is 0 Å². The molecule has 0 saturated heterocycles. The van der Waals surface area contributed by atoms with Gasteiger partial charge in [0.25, 0.3) is 0 Å². The molecular formula is C27H26BrN3O5. The summed E-state index contributed by atoms with van der Waals surface area (Å²) in [6.45, 7) is 3.56. The van der Waals surface area contributed by atoms with Crippen molar-refractivity contribution in [3.05, 3.63) is 87.3 Å². The molecule has 0 radical (unpaired) electrons. The predicted molar refractivity (Wildman–Crippen MR) is 139 cm³/mol. The third-order valence-corrected chi connectivity index (χ3v) is 6.69. The molecule has 1 aliphatic heterocycles. The Labute approximate surface area is 217 Å². The molecule has 1 aromatic heterocycles. The number of rotatable bonds is 6. The number of carbonyl (C=O) groups is 2. The van der Waals surface area contributed by atoms with Crippen LogP contribution in [0.1, 0.15) is 25.3 Å². The van der Waals surface area contributed by atoms with E-state index in [9.17, 15) is 9.59 Å². The minimum Gasteiger partial charge on any atom is -0.496 e. The van der Waals surface area contributed by atoms with E-state index in [4.69, 9.17) is 19.3 Å². The zero-order valence-corrected chi connectivity index (χ0v) is 22.2. The number of halogens is 1. The molecule has 0 atom stereocenters. The van der Waals surface area contributed by atoms with Gasteiger partial charge in [-0.2, -0.15) is 5.10 Å². The fourth-order valence-corrected chi connectivity index (χ4v) is 4.96. The van der Waals surface area contributed by atoms with Gasteiger partial charge in [-0.05, 0) is 60.1 Å². The molecule has 186 valence electrons. The molecule has 0 amide bonds. The zero-order chi connectivity index (χ0) is 26.0. The van der Waals surface area contributed by atoms with E-state index in [1.807, 2.05) is 54.7 Å². The summed E-state index contributed by atoms with van der Waals surface area (Å²) in [7, 11) is 4.23. The summed E-state index contributed by atoms with van der Waals surface area (Å²) in [5.41, 5.74) is 4.64. The van der Waals surface area contributed by atoms with Crippen LogP contribution in [0, 0.1) is 0 Å². The number of hydrogen-bond acceptors (Lipinski definition) is 7. The smallest absolute Gasteiger partial charge is 0.336 e. The van der Waals surface area contributed by atoms with E-state index in [-0.39, 0.29) is 0 Å². The highest BCUT2D eigenvalue weighted by Gasteiger charge is 2.40. The molecule has 0 aliphatic carbocycles. The lowest BCUT2D eigenvalue weighted by Crippen LogP contribution is -2.32. The molecule has 9 heteroatoms. The Bertz CT molecular complexity index is 1350. The minimum atomic E-state index is -0.778. The number of ether oxygens (including phenoxy) is 3. The molecule has 0 unspecified atom stereocenters. The van der Waals surface area contributed by atoms with Gasteiger partial charge in [0.05, 0.1) is 54.2 Å². The van der Waals surface area contributed by atoms with Crippen LogP contribution in [0.15, 0.2) is 81.7 Å². The minimum absolute atomic E-state index is 0.310. The predicted octanol–water partition coefficient (Wildman–Crippen LogP) is 4.89. The Kier molecular flexibility index (Phi) is 7.30. The van der Waals surface area contributed by atoms with Crippen molar-refractivity contribution < 1.29 is 23.8 Å². The first-order valence-corrected chi connectivity index (χ1v) is 11.9. The number of para-hydroxylation sites is 1. The lowest BCUT2D eigenvalue weighted by Gasteiger charge is -2.29. The number of hydrogen-bond donors (Lipinski definition) is 1. The van der Waals surface area contributed by atoms with E-state index >= 15 is 0 Å². The fraction of sp³-hybridized carbons (Fsp3) is 0.222. The Hall–Kier alpha value is -3.85. The highest BCUT2D eigenvalue weighted by atomic mass is 79.9. The van der Waals surface area contributed by atoms with Crippen molar-refractivity contribution in [2.45, 2.75) is 19.8 Å². The molecule has 2 heterocycles. The molecule has 0 bridgehead atoms. The average Bonchev–Trinajstić information content (AvgIpc) is 3.33. The molecule has 0 spiro atoms. The van der Waals surface area contributed by atoms with Crippen molar-refractivity contribution in [2.24, 2.45) is 0 Å². The van der Waals surface area contributed by atoms with Gasteiger partial charge in [-0.25, -0.2) is 14.3 Å². The van der Waals surface area contributed by atoms with E-state index < -0.39 is 17.9 Å². The number of nitrogens with zero attached hydrogens (tertiary/aromatic N) is 2. The quantitative estimate of drug-likeness (QED) is 0.436. The number of methoxy groups -OCH3 is 3. The first-order chi connectivity index (χ1) is 17.3. The standard InChI is InChI=1S/C27H26BrN3O5/c1-15-22(26(32)35-4)24(23(16(2)29-15)27(33)36-5)19-14-31(18-9-7-6-8-10-18)30-25(19)17-11-12-21(34-3)20(28)13-17/h6-14,24,29H,1-5H3. The Morgan fingerprint density at radius 3 is 2.08 bits per heavy atom. The maximum atomic E-state index is 13.0. The second kappa shape index (κ2) is 10.4. The molecule has 3 aromatic rings. The van der Waals surface area contributed by atoms with Crippen molar-refractivity contribution in [3.8, 4) is 22.7 Å². The van der Waals surface area contributed by atoms with E-state index in [1.165, 1.54) is 14.2 Å². The molecule has 2 aromatic carbocycles. The summed E-state index contributed by atoms with van der Waals surface area (Å²) >= 11 is 3.55. The topological polar surface area (TPSA) is 91.7 Å². The van der Waals surface area contributed by atoms with Gasteiger partial charge in [0.15, 0.2) is 0 Å². The number of esters is 2. The van der Waals surface area contributed by atoms with Crippen LogP contribution >= 0.6 is 15.9 Å². The molecule has 1 N–H and O–H groups in total. The van der Waals surface area contributed by atoms with Crippen LogP contribution in [-0.2, 0) is 19.1 Å². The maximum absolute atomic E-state index is 13.0. The van der Waals surface area contributed by atoms with Crippen LogP contribution in [0.25, 0.3) is 16.9 Å². The number of nitrogens with one attached hydrogen (secondary N) is 1. The fourth-order valence-electron chi connectivity index (χ4n) is 4.42. The number of aromatic nitrogens is 2. The molecule has 0 fully saturated rings. The summed E-state index contributed by atoms with van der Waals surface area (Å²) in [5, 5.41) is 8.03. The summed E-state index contributed by atoms with van der Waals surface area (Å²) in [6, 6.07) is 15.2. The lowest BCUT2D eigenvalue weighted by molar-refractivity contribution is -0.137. The van der Waals surface area contributed by atoms with Gasteiger partial charge in [0.2, 0.25) is 0 Å². The molecule has 36 heavy (non-hydrogen) atoms. The molecule has 4 rings (SSSR count). The summed E-state index contributed by atoms with van der Waals surface area (Å²) in [6.07, 6.45) is 1.84. The Morgan fingerprint density at radius 1 is 0.944 bits per heavy atom. The third-order valence-electron chi connectivity index (χ3n) is 6.07. The summed E-state index contributed by atoms with van der Waals surface area (Å²) in [4.78, 5) is 26.1. The van der Waals surface area contributed by atoms with Crippen LogP contribution in [0.3, 0.4) is 0 Å². The van der Waals surface area contributed by atoms with Gasteiger partial charge in [-0.1, -0.05) is 18.2 Å². The number of allylic oxidation sites excluding steroid dienone is 2. The lowest BCUT2D eigenvalue weighted by atomic mass is 9.79. The highest BCUT2D eigenvalue weighted by molar-refractivity contribution is 9.10. The largest absolute Gasteiger partial charge is 0.496 e. The van der Waals surface area contributed by atoms with E-state index in [0.29, 0.717) is 39.5 Å². The van der Waals surface area contributed by atoms with Crippen LogP contribution in [-0.4, -0.2) is 43.0 Å². The zero-order valence-electron chi connectivity index (χ0n) is 20.6. The first-order valence-electron chi connectivity index (χ1n) is 11.1. The third kappa shape index (κ3) is 4.54. The number of carbonyl (C=O) groups excluding carboxylic acids is 2. The van der Waals surface area contributed by atoms with Gasteiger partial charge in [0, 0.05) is 28.7 Å². The van der Waals surface area contributed by atoms with Crippen molar-refractivity contribution in [2.75, 3.05) is 21.3 Å². The van der Waals surface area contributed by atoms with E-state index in [0.717, 1.165) is 15.7 Å². The second-order valence-corrected chi connectivity index (χ2v) is 9.04. The van der Waals surface area contributed by atoms with Crippen molar-refractivity contribution in [3.63, 3.8) is 0 Å². The summed E-state index contributed by atoms with van der Waals surface area (Å²) in [5.74, 6) is -1.21. The second-order valence-electron chi connectivity index (χ2n) is 8.18. The van der Waals surface area contributed by atoms with Crippen molar-refractivity contribution in [1.82, 2.24) is 15.1 Å². The normalized spacial score (nSPS) is 13.9. The Balaban J connectivity index is 2.04. The SMILES string of the molecule is COC(=O)C1=C(C)NC(C)=C(C(=O)OC)C1c1cn(-c2ccccc2)nc1-c1ccc(OC)c(Br)c1. The van der Waals surface area contributed by atoms with Crippen LogP contribution < -0.4 is 10.1 Å². The van der Waals surface area contributed by atoms with Gasteiger partial charge >= 0.3 is 11.9 Å². The monoisotopic (exact) mass is 551 g/mol. The van der Waals surface area contributed by atoms with Crippen LogP contribution in [0.4, 0.5) is 0 Å². The van der Waals surface area contributed by atoms with Crippen LogP contribution in [0.5, 0.6) is 5.75 Å². The van der Waals surface area contributed by atoms with Crippen molar-refractivity contribution in [1.29, 1.82) is 0 Å². The van der Waals surface area contributed by atoms with Gasteiger partial charge in [-0.3, -0.25) is 0 Å². The maximum Gasteiger partial charge on any atom is 0.336 e. The number of benzene rings is 2. The number of dihydropyridines is 1. The first kappa shape index (κ1) is 25.2. The van der Waals surface area contributed by atoms with Crippen molar-refractivity contribution >= 4 is 27.9 Å². The highest BCUT2D eigenvalue weighted by Crippen LogP contribution is 2.43. The molecule has 8 nitrogen and oxygen atoms in total. The van der Waals surface area contributed by atoms with Gasteiger partial charge < -0.3 is 19.5 Å². The summed E-state index contributed by atoms with van der Waals surface area (Å²) < 4.78 is 18.1. The van der Waals surface area contributed by atoms with Gasteiger partial charge in [0.1, 0.15) is 5.75 Å².